The highest BCUT2D eigenvalue weighted by Crippen LogP contribution is 2.50. The molecule has 0 bridgehead atoms. The zero-order chi connectivity index (χ0) is 13.0. The first-order valence-corrected chi connectivity index (χ1v) is 7.42. The number of benzene rings is 1. The molecule has 18 heavy (non-hydrogen) atoms. The van der Waals surface area contributed by atoms with Gasteiger partial charge in [-0.05, 0) is 25.0 Å². The second-order valence-electron chi connectivity index (χ2n) is 5.10. The van der Waals surface area contributed by atoms with Crippen molar-refractivity contribution in [2.75, 3.05) is 17.6 Å². The summed E-state index contributed by atoms with van der Waals surface area (Å²) in [4.78, 5) is 11.3. The van der Waals surface area contributed by atoms with Gasteiger partial charge in [0.1, 0.15) is 0 Å². The van der Waals surface area contributed by atoms with Crippen LogP contribution in [0.5, 0.6) is 0 Å². The minimum atomic E-state index is -3.41. The van der Waals surface area contributed by atoms with Gasteiger partial charge in [0.05, 0.1) is 21.9 Å². The summed E-state index contributed by atoms with van der Waals surface area (Å²) in [6.07, 6.45) is 1.77. The number of hydrogen-bond donors (Lipinski definition) is 2. The van der Waals surface area contributed by atoms with Crippen LogP contribution in [-0.2, 0) is 9.84 Å². The Morgan fingerprint density at radius 1 is 1.33 bits per heavy atom. The van der Waals surface area contributed by atoms with Gasteiger partial charge in [-0.2, -0.15) is 0 Å². The number of nitrogens with one attached hydrogen (secondary N) is 1. The summed E-state index contributed by atoms with van der Waals surface area (Å²) < 4.78 is 24.6. The summed E-state index contributed by atoms with van der Waals surface area (Å²) in [7, 11) is -3.41. The van der Waals surface area contributed by atoms with Crippen LogP contribution in [-0.4, -0.2) is 31.8 Å². The predicted molar refractivity (Wildman–Crippen MR) is 65.6 cm³/mol. The highest BCUT2D eigenvalue weighted by molar-refractivity contribution is 7.91. The third kappa shape index (κ3) is 1.68. The molecule has 1 aliphatic heterocycles. The van der Waals surface area contributed by atoms with Crippen LogP contribution in [0.1, 0.15) is 23.2 Å². The lowest BCUT2D eigenvalue weighted by Crippen LogP contribution is -2.20. The molecule has 96 valence electrons. The molecule has 5 nitrogen and oxygen atoms in total. The number of carboxylic acids is 1. The third-order valence-electron chi connectivity index (χ3n) is 3.69. The molecule has 0 aromatic heterocycles. The molecule has 2 N–H and O–H groups in total. The second kappa shape index (κ2) is 3.47. The van der Waals surface area contributed by atoms with E-state index < -0.39 is 15.8 Å². The van der Waals surface area contributed by atoms with E-state index in [-0.39, 0.29) is 27.3 Å². The van der Waals surface area contributed by atoms with Crippen molar-refractivity contribution in [2.45, 2.75) is 17.7 Å². The van der Waals surface area contributed by atoms with Crippen LogP contribution in [0.4, 0.5) is 5.69 Å². The van der Waals surface area contributed by atoms with E-state index in [2.05, 4.69) is 5.32 Å². The van der Waals surface area contributed by atoms with Crippen molar-refractivity contribution in [3.63, 3.8) is 0 Å². The van der Waals surface area contributed by atoms with Crippen molar-refractivity contribution in [2.24, 2.45) is 5.41 Å². The molecule has 1 aromatic carbocycles. The molecule has 1 aromatic rings. The van der Waals surface area contributed by atoms with E-state index in [1.165, 1.54) is 18.2 Å². The second-order valence-corrected chi connectivity index (χ2v) is 7.05. The van der Waals surface area contributed by atoms with E-state index in [4.69, 9.17) is 5.11 Å². The van der Waals surface area contributed by atoms with E-state index in [1.807, 2.05) is 0 Å². The largest absolute Gasteiger partial charge is 0.478 e. The molecule has 0 saturated heterocycles. The molecule has 0 atom stereocenters. The van der Waals surface area contributed by atoms with E-state index >= 15 is 0 Å². The number of anilines is 1. The fourth-order valence-electron chi connectivity index (χ4n) is 2.46. The normalized spacial score (nSPS) is 22.7. The van der Waals surface area contributed by atoms with Crippen LogP contribution in [0.25, 0.3) is 0 Å². The SMILES string of the molecule is O=C(O)c1cccc2c1NCC1(CC1)CS2(=O)=O. The zero-order valence-electron chi connectivity index (χ0n) is 9.64. The average Bonchev–Trinajstić information content (AvgIpc) is 3.06. The quantitative estimate of drug-likeness (QED) is 0.802. The van der Waals surface area contributed by atoms with Gasteiger partial charge >= 0.3 is 5.97 Å². The molecule has 1 saturated carbocycles. The molecule has 6 heteroatoms. The maximum atomic E-state index is 12.3. The van der Waals surface area contributed by atoms with Crippen LogP contribution >= 0.6 is 0 Å². The number of para-hydroxylation sites is 1. The van der Waals surface area contributed by atoms with Crippen molar-refractivity contribution >= 4 is 21.5 Å². The Bertz CT molecular complexity index is 631. The van der Waals surface area contributed by atoms with Gasteiger partial charge < -0.3 is 10.4 Å². The molecule has 0 amide bonds. The van der Waals surface area contributed by atoms with Gasteiger partial charge in [0.15, 0.2) is 9.84 Å². The van der Waals surface area contributed by atoms with Crippen LogP contribution in [0, 0.1) is 5.41 Å². The number of aromatic carboxylic acids is 1. The molecule has 0 radical (unpaired) electrons. The highest BCUT2D eigenvalue weighted by Gasteiger charge is 2.48. The first-order valence-electron chi connectivity index (χ1n) is 5.77. The summed E-state index contributed by atoms with van der Waals surface area (Å²) in [6, 6.07) is 4.38. The van der Waals surface area contributed by atoms with Crippen LogP contribution in [0.15, 0.2) is 23.1 Å². The first kappa shape index (κ1) is 11.5. The van der Waals surface area contributed by atoms with E-state index in [9.17, 15) is 13.2 Å². The molecule has 1 heterocycles. The number of rotatable bonds is 1. The number of carboxylic acid groups (broad SMARTS) is 1. The molecule has 3 rings (SSSR count). The lowest BCUT2D eigenvalue weighted by atomic mass is 10.1. The predicted octanol–water partition coefficient (Wildman–Crippen LogP) is 1.36. The third-order valence-corrected chi connectivity index (χ3v) is 5.69. The van der Waals surface area contributed by atoms with Crippen molar-refractivity contribution < 1.29 is 18.3 Å². The monoisotopic (exact) mass is 267 g/mol. The lowest BCUT2D eigenvalue weighted by molar-refractivity contribution is 0.0697. The standard InChI is InChI=1S/C12H13NO4S/c14-11(15)8-2-1-3-9-10(8)13-6-12(4-5-12)7-18(9,16)17/h1-3,13H,4-7H2,(H,14,15). The first-order chi connectivity index (χ1) is 8.44. The van der Waals surface area contributed by atoms with E-state index in [0.717, 1.165) is 12.8 Å². The average molecular weight is 267 g/mol. The topological polar surface area (TPSA) is 83.5 Å². The smallest absolute Gasteiger partial charge is 0.337 e. The van der Waals surface area contributed by atoms with Crippen LogP contribution in [0.2, 0.25) is 0 Å². The number of carbonyl (C=O) groups is 1. The Morgan fingerprint density at radius 2 is 2.06 bits per heavy atom. The van der Waals surface area contributed by atoms with Gasteiger partial charge in [-0.25, -0.2) is 13.2 Å². The van der Waals surface area contributed by atoms with E-state index in [0.29, 0.717) is 6.54 Å². The lowest BCUT2D eigenvalue weighted by Gasteiger charge is -2.11. The van der Waals surface area contributed by atoms with Gasteiger partial charge in [0.25, 0.3) is 0 Å². The summed E-state index contributed by atoms with van der Waals surface area (Å²) >= 11 is 0. The van der Waals surface area contributed by atoms with Crippen molar-refractivity contribution in [1.29, 1.82) is 0 Å². The minimum absolute atomic E-state index is 0.0220. The van der Waals surface area contributed by atoms with Crippen LogP contribution in [0.3, 0.4) is 0 Å². The Hall–Kier alpha value is -1.56. The summed E-state index contributed by atoms with van der Waals surface area (Å²) in [6.45, 7) is 0.531. The van der Waals surface area contributed by atoms with Crippen molar-refractivity contribution in [1.82, 2.24) is 0 Å². The molecule has 1 spiro atoms. The summed E-state index contributed by atoms with van der Waals surface area (Å²) in [5.41, 5.74) is 0.0794. The maximum absolute atomic E-state index is 12.3. The molecule has 1 aliphatic carbocycles. The Balaban J connectivity index is 2.20. The number of fused-ring (bicyclic) bond motifs is 1. The maximum Gasteiger partial charge on any atom is 0.337 e. The van der Waals surface area contributed by atoms with Gasteiger partial charge in [-0.3, -0.25) is 0 Å². The van der Waals surface area contributed by atoms with Gasteiger partial charge in [0.2, 0.25) is 0 Å². The van der Waals surface area contributed by atoms with Gasteiger partial charge in [-0.1, -0.05) is 6.07 Å². The molecule has 2 aliphatic rings. The fourth-order valence-corrected chi connectivity index (χ4v) is 4.59. The number of sulfone groups is 1. The molecule has 0 unspecified atom stereocenters. The van der Waals surface area contributed by atoms with E-state index in [1.54, 1.807) is 0 Å². The molecular formula is C12H13NO4S. The van der Waals surface area contributed by atoms with Crippen LogP contribution < -0.4 is 5.32 Å². The Kier molecular flexibility index (Phi) is 2.22. The fraction of sp³-hybridized carbons (Fsp3) is 0.417. The van der Waals surface area contributed by atoms with Crippen molar-refractivity contribution in [3.05, 3.63) is 23.8 Å². The molecule has 1 fully saturated rings. The highest BCUT2D eigenvalue weighted by atomic mass is 32.2. The van der Waals surface area contributed by atoms with Gasteiger partial charge in [0, 0.05) is 12.0 Å². The summed E-state index contributed by atoms with van der Waals surface area (Å²) in [5, 5.41) is 12.1. The zero-order valence-corrected chi connectivity index (χ0v) is 10.5. The Labute approximate surface area is 105 Å². The van der Waals surface area contributed by atoms with Gasteiger partial charge in [-0.15, -0.1) is 0 Å². The minimum Gasteiger partial charge on any atom is -0.478 e. The van der Waals surface area contributed by atoms with Crippen molar-refractivity contribution in [3.8, 4) is 0 Å². The Morgan fingerprint density at radius 3 is 2.67 bits per heavy atom. The molecular weight excluding hydrogens is 254 g/mol. The summed E-state index contributed by atoms with van der Waals surface area (Å²) in [5.74, 6) is -0.996. The number of hydrogen-bond acceptors (Lipinski definition) is 4.